The summed E-state index contributed by atoms with van der Waals surface area (Å²) in [5.41, 5.74) is 0. The number of hydrogen-bond donors (Lipinski definition) is 2. The van der Waals surface area contributed by atoms with E-state index in [-0.39, 0.29) is 0 Å². The first-order valence-corrected chi connectivity index (χ1v) is 10.0. The van der Waals surface area contributed by atoms with E-state index in [1.54, 1.807) is 7.11 Å². The van der Waals surface area contributed by atoms with Gasteiger partial charge in [0.2, 0.25) is 0 Å². The summed E-state index contributed by atoms with van der Waals surface area (Å²) < 4.78 is 32.9. The molecule has 0 bridgehead atoms. The molecule has 6 nitrogen and oxygen atoms in total. The highest BCUT2D eigenvalue weighted by Crippen LogP contribution is 2.27. The van der Waals surface area contributed by atoms with Crippen molar-refractivity contribution in [2.24, 2.45) is 0 Å². The maximum absolute atomic E-state index is 5.93. The van der Waals surface area contributed by atoms with Crippen molar-refractivity contribution in [3.63, 3.8) is 0 Å². The average Bonchev–Trinajstić information content (AvgIpc) is 2.54. The number of ether oxygens (including phenoxy) is 3. The molecule has 9 heteroatoms. The second-order valence-electron chi connectivity index (χ2n) is 4.21. The lowest BCUT2D eigenvalue weighted by Crippen LogP contribution is -2.55. The standard InChI is InChI=1S/C12H28O6S2Si/c1-13-12(14-2,15-3)18-21(16-4,11-7-10-20)17-8-5-6-9-19/h19-20H,5-11H2,1-4H3. The molecule has 0 spiro atoms. The van der Waals surface area contributed by atoms with Crippen molar-refractivity contribution in [2.75, 3.05) is 46.6 Å². The number of methoxy groups -OCH3 is 3. The Bertz CT molecular complexity index is 250. The van der Waals surface area contributed by atoms with Crippen molar-refractivity contribution in [3.05, 3.63) is 0 Å². The van der Waals surface area contributed by atoms with E-state index in [2.05, 4.69) is 25.3 Å². The Morgan fingerprint density at radius 2 is 1.43 bits per heavy atom. The molecule has 0 amide bonds. The van der Waals surface area contributed by atoms with Gasteiger partial charge in [-0.2, -0.15) is 25.3 Å². The zero-order valence-corrected chi connectivity index (χ0v) is 16.1. The summed E-state index contributed by atoms with van der Waals surface area (Å²) in [6.07, 6.45) is 1.02. The molecule has 0 aromatic heterocycles. The number of hydrogen-bond acceptors (Lipinski definition) is 8. The van der Waals surface area contributed by atoms with Crippen molar-refractivity contribution in [1.29, 1.82) is 0 Å². The van der Waals surface area contributed by atoms with Crippen LogP contribution < -0.4 is 0 Å². The predicted molar refractivity (Wildman–Crippen MR) is 89.9 cm³/mol. The fraction of sp³-hybridized carbons (Fsp3) is 1.00. The molecule has 1 atom stereocenters. The number of thiol groups is 2. The number of unbranched alkanes of at least 4 members (excludes halogenated alkanes) is 1. The van der Waals surface area contributed by atoms with Gasteiger partial charge in [-0.05, 0) is 30.8 Å². The van der Waals surface area contributed by atoms with Gasteiger partial charge in [-0.15, -0.1) is 0 Å². The van der Waals surface area contributed by atoms with Gasteiger partial charge in [0, 0.05) is 41.1 Å². The van der Waals surface area contributed by atoms with Crippen molar-refractivity contribution in [2.45, 2.75) is 31.5 Å². The van der Waals surface area contributed by atoms with Crippen molar-refractivity contribution >= 4 is 34.1 Å². The quantitative estimate of drug-likeness (QED) is 0.214. The van der Waals surface area contributed by atoms with E-state index < -0.39 is 15.0 Å². The minimum absolute atomic E-state index is 0.528. The topological polar surface area (TPSA) is 55.4 Å². The van der Waals surface area contributed by atoms with E-state index in [1.165, 1.54) is 21.3 Å². The van der Waals surface area contributed by atoms with Crippen LogP contribution in [0.25, 0.3) is 0 Å². The van der Waals surface area contributed by atoms with Crippen LogP contribution in [-0.4, -0.2) is 61.5 Å². The highest BCUT2D eigenvalue weighted by Gasteiger charge is 2.49. The summed E-state index contributed by atoms with van der Waals surface area (Å²) in [5.74, 6) is 1.53. The van der Waals surface area contributed by atoms with Crippen LogP contribution in [0.5, 0.6) is 0 Å². The van der Waals surface area contributed by atoms with Gasteiger partial charge < -0.3 is 23.1 Å². The van der Waals surface area contributed by atoms with E-state index in [0.717, 1.165) is 25.0 Å². The predicted octanol–water partition coefficient (Wildman–Crippen LogP) is 2.19. The highest BCUT2D eigenvalue weighted by molar-refractivity contribution is 7.80. The third kappa shape index (κ3) is 7.66. The maximum atomic E-state index is 5.93. The Hall–Kier alpha value is 0.677. The van der Waals surface area contributed by atoms with Crippen LogP contribution in [-0.2, 0) is 27.5 Å². The molecule has 0 aliphatic carbocycles. The molecule has 0 rings (SSSR count). The van der Waals surface area contributed by atoms with Crippen LogP contribution in [0.4, 0.5) is 0 Å². The smallest absolute Gasteiger partial charge is 0.377 e. The van der Waals surface area contributed by atoms with E-state index >= 15 is 0 Å². The second kappa shape index (κ2) is 12.1. The average molecular weight is 361 g/mol. The molecular weight excluding hydrogens is 332 g/mol. The van der Waals surface area contributed by atoms with Gasteiger partial charge in [-0.1, -0.05) is 0 Å². The van der Waals surface area contributed by atoms with Crippen molar-refractivity contribution in [1.82, 2.24) is 0 Å². The second-order valence-corrected chi connectivity index (χ2v) is 7.87. The van der Waals surface area contributed by atoms with Gasteiger partial charge in [0.25, 0.3) is 0 Å². The molecule has 0 aromatic rings. The molecule has 0 heterocycles. The van der Waals surface area contributed by atoms with Gasteiger partial charge in [-0.3, -0.25) is 4.43 Å². The monoisotopic (exact) mass is 360 g/mol. The fourth-order valence-corrected chi connectivity index (χ4v) is 4.74. The lowest BCUT2D eigenvalue weighted by molar-refractivity contribution is -0.460. The molecular formula is C12H28O6S2Si. The van der Waals surface area contributed by atoms with Crippen LogP contribution in [0, 0.1) is 0 Å². The van der Waals surface area contributed by atoms with Crippen molar-refractivity contribution in [3.8, 4) is 0 Å². The van der Waals surface area contributed by atoms with Crippen molar-refractivity contribution < 1.29 is 27.5 Å². The largest absolute Gasteiger partial charge is 0.506 e. The Balaban J connectivity index is 4.89. The molecule has 0 N–H and O–H groups in total. The zero-order chi connectivity index (χ0) is 16.2. The summed E-state index contributed by atoms with van der Waals surface area (Å²) >= 11 is 8.41. The molecule has 21 heavy (non-hydrogen) atoms. The molecule has 0 saturated carbocycles. The van der Waals surface area contributed by atoms with Crippen LogP contribution in [0.3, 0.4) is 0 Å². The minimum Gasteiger partial charge on any atom is -0.377 e. The van der Waals surface area contributed by atoms with Gasteiger partial charge in [0.15, 0.2) is 0 Å². The van der Waals surface area contributed by atoms with Gasteiger partial charge in [-0.25, -0.2) is 0 Å². The van der Waals surface area contributed by atoms with Crippen LogP contribution in [0.1, 0.15) is 19.3 Å². The Morgan fingerprint density at radius 3 is 1.86 bits per heavy atom. The number of rotatable bonds is 14. The van der Waals surface area contributed by atoms with Gasteiger partial charge in [0.1, 0.15) is 0 Å². The summed E-state index contributed by atoms with van der Waals surface area (Å²) in [6, 6.07) is 0.603. The van der Waals surface area contributed by atoms with Gasteiger partial charge >= 0.3 is 15.0 Å². The summed E-state index contributed by atoms with van der Waals surface area (Å²) in [7, 11) is 2.87. The lowest BCUT2D eigenvalue weighted by atomic mass is 10.4. The maximum Gasteiger partial charge on any atom is 0.506 e. The Morgan fingerprint density at radius 1 is 0.857 bits per heavy atom. The highest BCUT2D eigenvalue weighted by atomic mass is 32.1. The van der Waals surface area contributed by atoms with E-state index in [4.69, 9.17) is 27.5 Å². The van der Waals surface area contributed by atoms with Crippen LogP contribution in [0.15, 0.2) is 0 Å². The third-order valence-corrected chi connectivity index (χ3v) is 6.28. The SMILES string of the molecule is COC(OC)(OC)O[Si](CCCS)(OC)OCCCCS. The molecule has 0 radical (unpaired) electrons. The van der Waals surface area contributed by atoms with E-state index in [9.17, 15) is 0 Å². The molecule has 0 saturated heterocycles. The summed E-state index contributed by atoms with van der Waals surface area (Å²) in [5, 5.41) is 0. The summed E-state index contributed by atoms with van der Waals surface area (Å²) in [6.45, 7) is 0.528. The first-order valence-electron chi connectivity index (χ1n) is 6.84. The molecule has 0 aliphatic heterocycles. The van der Waals surface area contributed by atoms with E-state index in [0.29, 0.717) is 18.4 Å². The minimum atomic E-state index is -2.99. The normalized spacial score (nSPS) is 15.1. The first kappa shape index (κ1) is 21.7. The molecule has 1 unspecified atom stereocenters. The summed E-state index contributed by atoms with van der Waals surface area (Å²) in [4.78, 5) is 0. The van der Waals surface area contributed by atoms with Crippen LogP contribution in [0.2, 0.25) is 6.04 Å². The fourth-order valence-electron chi connectivity index (χ4n) is 1.66. The molecule has 0 fully saturated rings. The molecule has 0 aliphatic rings. The molecule has 128 valence electrons. The Labute approximate surface area is 139 Å². The van der Waals surface area contributed by atoms with E-state index in [1.807, 2.05) is 0 Å². The molecule has 0 aromatic carbocycles. The zero-order valence-electron chi connectivity index (χ0n) is 13.3. The van der Waals surface area contributed by atoms with Crippen LogP contribution >= 0.6 is 25.3 Å². The Kier molecular flexibility index (Phi) is 12.5. The van der Waals surface area contributed by atoms with Gasteiger partial charge in [0.05, 0.1) is 0 Å². The first-order chi connectivity index (χ1) is 10.1. The lowest BCUT2D eigenvalue weighted by Gasteiger charge is -2.36. The third-order valence-electron chi connectivity index (χ3n) is 2.86.